The smallest absolute Gasteiger partial charge is 0.0969 e. The number of para-hydroxylation sites is 1. The number of nitrogens with zero attached hydrogens (tertiary/aromatic N) is 3. The van der Waals surface area contributed by atoms with Crippen molar-refractivity contribution in [3.8, 4) is 5.69 Å². The summed E-state index contributed by atoms with van der Waals surface area (Å²) in [4.78, 5) is 1.65. The van der Waals surface area contributed by atoms with Crippen LogP contribution in [0.2, 0.25) is 0 Å². The number of hydrogen-bond acceptors (Lipinski definition) is 4. The number of hydrogen-bond donors (Lipinski definition) is 2. The standard InChI is InChI=1S/C16H22N4O/c21-16-8-4-5-13(9-16)10-17-11-14-12-18-20(19-14)15-6-2-1-3-7-15/h1-3,6-7,12-13,16-17,21H,4-5,8-11H2. The van der Waals surface area contributed by atoms with Crippen molar-refractivity contribution in [3.05, 3.63) is 42.2 Å². The topological polar surface area (TPSA) is 63.0 Å². The lowest BCUT2D eigenvalue weighted by molar-refractivity contribution is 0.101. The van der Waals surface area contributed by atoms with Crippen molar-refractivity contribution in [2.75, 3.05) is 6.54 Å². The summed E-state index contributed by atoms with van der Waals surface area (Å²) < 4.78 is 0. The van der Waals surface area contributed by atoms with Crippen molar-refractivity contribution in [3.63, 3.8) is 0 Å². The molecule has 2 unspecified atom stereocenters. The summed E-state index contributed by atoms with van der Waals surface area (Å²) in [6.07, 6.45) is 5.92. The predicted molar refractivity (Wildman–Crippen MR) is 81.0 cm³/mol. The highest BCUT2D eigenvalue weighted by Crippen LogP contribution is 2.23. The number of benzene rings is 1. The monoisotopic (exact) mass is 286 g/mol. The van der Waals surface area contributed by atoms with E-state index in [9.17, 15) is 5.11 Å². The Bertz CT molecular complexity index is 554. The lowest BCUT2D eigenvalue weighted by Gasteiger charge is -2.25. The van der Waals surface area contributed by atoms with Crippen LogP contribution in [0.25, 0.3) is 5.69 Å². The lowest BCUT2D eigenvalue weighted by atomic mass is 9.87. The average Bonchev–Trinajstić information content (AvgIpc) is 2.97. The van der Waals surface area contributed by atoms with Gasteiger partial charge in [-0.2, -0.15) is 15.0 Å². The molecule has 1 aromatic heterocycles. The second-order valence-corrected chi connectivity index (χ2v) is 5.78. The summed E-state index contributed by atoms with van der Waals surface area (Å²) in [5, 5.41) is 21.9. The zero-order valence-corrected chi connectivity index (χ0v) is 12.2. The fraction of sp³-hybridized carbons (Fsp3) is 0.500. The molecule has 0 radical (unpaired) electrons. The molecule has 5 nitrogen and oxygen atoms in total. The Balaban J connectivity index is 1.49. The van der Waals surface area contributed by atoms with E-state index in [1.807, 2.05) is 30.3 Å². The van der Waals surface area contributed by atoms with Gasteiger partial charge in [-0.3, -0.25) is 0 Å². The van der Waals surface area contributed by atoms with E-state index < -0.39 is 0 Å². The van der Waals surface area contributed by atoms with Gasteiger partial charge in [0, 0.05) is 6.54 Å². The molecule has 112 valence electrons. The minimum atomic E-state index is -0.107. The maximum Gasteiger partial charge on any atom is 0.0969 e. The van der Waals surface area contributed by atoms with Crippen molar-refractivity contribution < 1.29 is 5.11 Å². The predicted octanol–water partition coefficient (Wildman–Crippen LogP) is 1.91. The first kappa shape index (κ1) is 14.2. The minimum Gasteiger partial charge on any atom is -0.393 e. The molecule has 2 N–H and O–H groups in total. The fourth-order valence-electron chi connectivity index (χ4n) is 2.91. The molecule has 2 aromatic rings. The maximum atomic E-state index is 9.67. The van der Waals surface area contributed by atoms with Gasteiger partial charge in [0.2, 0.25) is 0 Å². The summed E-state index contributed by atoms with van der Waals surface area (Å²) in [7, 11) is 0. The third kappa shape index (κ3) is 3.89. The molecule has 1 aromatic carbocycles. The molecule has 0 saturated heterocycles. The highest BCUT2D eigenvalue weighted by atomic mass is 16.3. The van der Waals surface area contributed by atoms with E-state index >= 15 is 0 Å². The molecule has 0 amide bonds. The van der Waals surface area contributed by atoms with Gasteiger partial charge in [0.15, 0.2) is 0 Å². The normalized spacial score (nSPS) is 22.3. The third-order valence-corrected chi connectivity index (χ3v) is 4.02. The number of aliphatic hydroxyl groups excluding tert-OH is 1. The van der Waals surface area contributed by atoms with Crippen molar-refractivity contribution >= 4 is 0 Å². The molecule has 1 saturated carbocycles. The summed E-state index contributed by atoms with van der Waals surface area (Å²) in [5.41, 5.74) is 1.91. The Morgan fingerprint density at radius 1 is 1.24 bits per heavy atom. The van der Waals surface area contributed by atoms with Crippen LogP contribution >= 0.6 is 0 Å². The van der Waals surface area contributed by atoms with Crippen molar-refractivity contribution in [1.82, 2.24) is 20.3 Å². The fourth-order valence-corrected chi connectivity index (χ4v) is 2.91. The third-order valence-electron chi connectivity index (χ3n) is 4.02. The van der Waals surface area contributed by atoms with Crippen LogP contribution in [0, 0.1) is 5.92 Å². The van der Waals surface area contributed by atoms with Gasteiger partial charge in [0.1, 0.15) is 0 Å². The Morgan fingerprint density at radius 3 is 2.90 bits per heavy atom. The number of nitrogens with one attached hydrogen (secondary N) is 1. The second-order valence-electron chi connectivity index (χ2n) is 5.78. The van der Waals surface area contributed by atoms with E-state index in [1.54, 1.807) is 11.0 Å². The van der Waals surface area contributed by atoms with Gasteiger partial charge in [0.25, 0.3) is 0 Å². The molecular formula is C16H22N4O. The molecule has 0 bridgehead atoms. The van der Waals surface area contributed by atoms with Crippen LogP contribution in [0.3, 0.4) is 0 Å². The van der Waals surface area contributed by atoms with Crippen LogP contribution in [0.4, 0.5) is 0 Å². The largest absolute Gasteiger partial charge is 0.393 e. The van der Waals surface area contributed by atoms with E-state index in [4.69, 9.17) is 0 Å². The zero-order chi connectivity index (χ0) is 14.5. The van der Waals surface area contributed by atoms with E-state index in [-0.39, 0.29) is 6.10 Å². The molecule has 1 aliphatic rings. The molecule has 1 heterocycles. The molecule has 1 fully saturated rings. The van der Waals surface area contributed by atoms with Gasteiger partial charge in [-0.15, -0.1) is 0 Å². The SMILES string of the molecule is OC1CCCC(CNCc2cnn(-c3ccccc3)n2)C1. The van der Waals surface area contributed by atoms with Gasteiger partial charge in [-0.1, -0.05) is 24.6 Å². The van der Waals surface area contributed by atoms with Crippen LogP contribution in [-0.4, -0.2) is 32.7 Å². The highest BCUT2D eigenvalue weighted by molar-refractivity contribution is 5.28. The maximum absolute atomic E-state index is 9.67. The molecular weight excluding hydrogens is 264 g/mol. The van der Waals surface area contributed by atoms with Gasteiger partial charge in [-0.25, -0.2) is 0 Å². The molecule has 21 heavy (non-hydrogen) atoms. The molecule has 3 rings (SSSR count). The number of aromatic nitrogens is 3. The molecule has 2 atom stereocenters. The van der Waals surface area contributed by atoms with Gasteiger partial charge < -0.3 is 10.4 Å². The van der Waals surface area contributed by atoms with E-state index in [1.165, 1.54) is 6.42 Å². The molecule has 5 heteroatoms. The van der Waals surface area contributed by atoms with Gasteiger partial charge in [-0.05, 0) is 43.9 Å². The average molecular weight is 286 g/mol. The summed E-state index contributed by atoms with van der Waals surface area (Å²) in [6, 6.07) is 9.91. The Morgan fingerprint density at radius 2 is 2.10 bits per heavy atom. The first-order valence-corrected chi connectivity index (χ1v) is 7.66. The van der Waals surface area contributed by atoms with Crippen molar-refractivity contribution in [2.24, 2.45) is 5.92 Å². The number of aliphatic hydroxyl groups is 1. The second kappa shape index (κ2) is 6.83. The van der Waals surface area contributed by atoms with Crippen LogP contribution in [0.1, 0.15) is 31.4 Å². The number of rotatable bonds is 5. The Hall–Kier alpha value is -1.72. The molecule has 0 aliphatic heterocycles. The minimum absolute atomic E-state index is 0.107. The van der Waals surface area contributed by atoms with Gasteiger partial charge in [0.05, 0.1) is 23.7 Å². The Labute approximate surface area is 125 Å². The Kier molecular flexibility index (Phi) is 4.62. The van der Waals surface area contributed by atoms with E-state index in [0.29, 0.717) is 5.92 Å². The van der Waals surface area contributed by atoms with Crippen LogP contribution in [0.15, 0.2) is 36.5 Å². The van der Waals surface area contributed by atoms with E-state index in [0.717, 1.165) is 43.7 Å². The molecule has 0 spiro atoms. The molecule has 1 aliphatic carbocycles. The first-order chi connectivity index (χ1) is 10.3. The van der Waals surface area contributed by atoms with Gasteiger partial charge >= 0.3 is 0 Å². The lowest BCUT2D eigenvalue weighted by Crippen LogP contribution is -2.29. The summed E-state index contributed by atoms with van der Waals surface area (Å²) in [6.45, 7) is 1.66. The van der Waals surface area contributed by atoms with Crippen LogP contribution < -0.4 is 5.32 Å². The van der Waals surface area contributed by atoms with Crippen LogP contribution in [-0.2, 0) is 6.54 Å². The van der Waals surface area contributed by atoms with Crippen LogP contribution in [0.5, 0.6) is 0 Å². The van der Waals surface area contributed by atoms with E-state index in [2.05, 4.69) is 15.5 Å². The highest BCUT2D eigenvalue weighted by Gasteiger charge is 2.19. The zero-order valence-electron chi connectivity index (χ0n) is 12.2. The quantitative estimate of drug-likeness (QED) is 0.881. The first-order valence-electron chi connectivity index (χ1n) is 7.66. The summed E-state index contributed by atoms with van der Waals surface area (Å²) >= 11 is 0. The summed E-state index contributed by atoms with van der Waals surface area (Å²) in [5.74, 6) is 0.581. The van der Waals surface area contributed by atoms with Crippen molar-refractivity contribution in [1.29, 1.82) is 0 Å². The van der Waals surface area contributed by atoms with Crippen molar-refractivity contribution in [2.45, 2.75) is 38.3 Å².